The normalized spacial score (nSPS) is 19.3. The summed E-state index contributed by atoms with van der Waals surface area (Å²) >= 11 is 0. The van der Waals surface area contributed by atoms with Gasteiger partial charge in [0.1, 0.15) is 34.9 Å². The summed E-state index contributed by atoms with van der Waals surface area (Å²) < 4.78 is 66.7. The predicted molar refractivity (Wildman–Crippen MR) is 116 cm³/mol. The summed E-state index contributed by atoms with van der Waals surface area (Å²) in [4.78, 5) is 28.2. The number of nitrogens with zero attached hydrogens (tertiary/aromatic N) is 1. The summed E-state index contributed by atoms with van der Waals surface area (Å²) in [6.07, 6.45) is -6.50. The fraction of sp³-hybridized carbons (Fsp3) is 0.435. The second-order valence-corrected chi connectivity index (χ2v) is 9.44. The van der Waals surface area contributed by atoms with Gasteiger partial charge in [-0.15, -0.1) is 0 Å². The second-order valence-electron chi connectivity index (χ2n) is 9.44. The van der Waals surface area contributed by atoms with Crippen LogP contribution in [0.25, 0.3) is 11.3 Å². The molecule has 2 unspecified atom stereocenters. The fourth-order valence-corrected chi connectivity index (χ4v) is 3.45. The first kappa shape index (κ1) is 26.2. The minimum absolute atomic E-state index is 0.0220. The molecule has 1 aliphatic rings. The lowest BCUT2D eigenvalue weighted by atomic mass is 9.81. The SMILES string of the molecule is CC(C)(C)OC(=O)NCC(O)(c1cc2c(c(-c3ccc(F)cc3)n1)OCC2(C)C(N)=O)C(F)(F)F. The average Bonchev–Trinajstić information content (AvgIpc) is 3.08. The molecule has 1 aliphatic heterocycles. The number of hydrogen-bond acceptors (Lipinski definition) is 6. The topological polar surface area (TPSA) is 124 Å². The molecule has 2 heterocycles. The number of primary amides is 1. The van der Waals surface area contributed by atoms with Crippen LogP contribution < -0.4 is 15.8 Å². The number of rotatable bonds is 5. The Labute approximate surface area is 198 Å². The van der Waals surface area contributed by atoms with Gasteiger partial charge in [-0.3, -0.25) is 4.79 Å². The van der Waals surface area contributed by atoms with Crippen molar-refractivity contribution in [2.24, 2.45) is 5.73 Å². The van der Waals surface area contributed by atoms with E-state index < -0.39 is 52.8 Å². The number of alkyl halides is 3. The van der Waals surface area contributed by atoms with Crippen LogP contribution in [-0.2, 0) is 20.5 Å². The highest BCUT2D eigenvalue weighted by atomic mass is 19.4. The van der Waals surface area contributed by atoms with Crippen LogP contribution in [0.3, 0.4) is 0 Å². The van der Waals surface area contributed by atoms with Crippen LogP contribution in [0.5, 0.6) is 5.75 Å². The molecule has 2 aromatic rings. The number of aromatic nitrogens is 1. The largest absolute Gasteiger partial charge is 0.489 e. The number of hydrogen-bond donors (Lipinski definition) is 3. The molecule has 1 aromatic carbocycles. The van der Waals surface area contributed by atoms with Crippen LogP contribution in [0.4, 0.5) is 22.4 Å². The third-order valence-corrected chi connectivity index (χ3v) is 5.51. The number of nitrogens with two attached hydrogens (primary N) is 1. The van der Waals surface area contributed by atoms with Crippen molar-refractivity contribution >= 4 is 12.0 Å². The molecule has 2 amide bonds. The number of aliphatic hydroxyl groups is 1. The molecule has 0 saturated carbocycles. The number of ether oxygens (including phenoxy) is 2. The van der Waals surface area contributed by atoms with E-state index in [1.807, 2.05) is 5.32 Å². The molecule has 1 aromatic heterocycles. The number of alkyl carbamates (subject to hydrolysis) is 1. The van der Waals surface area contributed by atoms with Crippen molar-refractivity contribution in [1.82, 2.24) is 10.3 Å². The van der Waals surface area contributed by atoms with Gasteiger partial charge in [0.25, 0.3) is 0 Å². The summed E-state index contributed by atoms with van der Waals surface area (Å²) in [5.74, 6) is -1.50. The van der Waals surface area contributed by atoms with E-state index in [0.717, 1.165) is 18.2 Å². The fourth-order valence-electron chi connectivity index (χ4n) is 3.45. The number of nitrogens with one attached hydrogen (secondary N) is 1. The lowest BCUT2D eigenvalue weighted by Crippen LogP contribution is -2.52. The summed E-state index contributed by atoms with van der Waals surface area (Å²) in [7, 11) is 0. The van der Waals surface area contributed by atoms with E-state index >= 15 is 0 Å². The number of benzene rings is 1. The Kier molecular flexibility index (Phi) is 6.49. The molecule has 0 saturated heterocycles. The van der Waals surface area contributed by atoms with Crippen molar-refractivity contribution < 1.29 is 41.7 Å². The Hall–Kier alpha value is -3.41. The second kappa shape index (κ2) is 8.67. The van der Waals surface area contributed by atoms with E-state index in [2.05, 4.69) is 4.98 Å². The lowest BCUT2D eigenvalue weighted by Gasteiger charge is -2.32. The van der Waals surface area contributed by atoms with Crippen LogP contribution in [0.15, 0.2) is 30.3 Å². The van der Waals surface area contributed by atoms with Crippen molar-refractivity contribution in [2.45, 2.75) is 50.5 Å². The first-order chi connectivity index (χ1) is 16.0. The van der Waals surface area contributed by atoms with Crippen molar-refractivity contribution in [3.63, 3.8) is 0 Å². The Balaban J connectivity index is 2.18. The summed E-state index contributed by atoms with van der Waals surface area (Å²) in [5, 5.41) is 12.8. The zero-order valence-electron chi connectivity index (χ0n) is 19.4. The highest BCUT2D eigenvalue weighted by molar-refractivity contribution is 5.90. The molecule has 0 radical (unpaired) electrons. The summed E-state index contributed by atoms with van der Waals surface area (Å²) in [6, 6.07) is 5.54. The maximum atomic E-state index is 14.2. The van der Waals surface area contributed by atoms with Crippen molar-refractivity contribution in [3.8, 4) is 17.0 Å². The van der Waals surface area contributed by atoms with Crippen molar-refractivity contribution in [1.29, 1.82) is 0 Å². The quantitative estimate of drug-likeness (QED) is 0.543. The Morgan fingerprint density at radius 3 is 2.34 bits per heavy atom. The maximum Gasteiger partial charge on any atom is 0.424 e. The van der Waals surface area contributed by atoms with Gasteiger partial charge in [-0.1, -0.05) is 0 Å². The van der Waals surface area contributed by atoms with Gasteiger partial charge in [-0.25, -0.2) is 14.2 Å². The van der Waals surface area contributed by atoms with E-state index in [-0.39, 0.29) is 29.2 Å². The molecule has 35 heavy (non-hydrogen) atoms. The third kappa shape index (κ3) is 5.02. The van der Waals surface area contributed by atoms with Crippen LogP contribution in [0, 0.1) is 5.82 Å². The van der Waals surface area contributed by atoms with Gasteiger partial charge < -0.3 is 25.6 Å². The number of halogens is 4. The molecule has 4 N–H and O–H groups in total. The van der Waals surface area contributed by atoms with Crippen molar-refractivity contribution in [2.75, 3.05) is 13.2 Å². The minimum Gasteiger partial charge on any atom is -0.489 e. The van der Waals surface area contributed by atoms with Crippen LogP contribution >= 0.6 is 0 Å². The predicted octanol–water partition coefficient (Wildman–Crippen LogP) is 3.30. The smallest absolute Gasteiger partial charge is 0.424 e. The standard InChI is InChI=1S/C23H25F4N3O5/c1-20(2,3)35-19(32)29-10-22(33,23(25,26)27)15-9-14-17(34-11-21(14,4)18(28)31)16(30-15)12-5-7-13(24)8-6-12/h5-9,33H,10-11H2,1-4H3,(H2,28,31)(H,29,32). The number of pyridine rings is 1. The zero-order chi connectivity index (χ0) is 26.4. The molecule has 0 fully saturated rings. The number of carbonyl (C=O) groups is 2. The highest BCUT2D eigenvalue weighted by Gasteiger charge is 2.58. The van der Waals surface area contributed by atoms with E-state index in [4.69, 9.17) is 15.2 Å². The lowest BCUT2D eigenvalue weighted by molar-refractivity contribution is -0.265. The molecule has 0 spiro atoms. The Morgan fingerprint density at radius 2 is 1.83 bits per heavy atom. The summed E-state index contributed by atoms with van der Waals surface area (Å²) in [5.41, 5.74) is -1.66. The monoisotopic (exact) mass is 499 g/mol. The molecule has 2 atom stereocenters. The van der Waals surface area contributed by atoms with Gasteiger partial charge >= 0.3 is 12.3 Å². The van der Waals surface area contributed by atoms with E-state index in [1.165, 1.54) is 39.8 Å². The molecule has 12 heteroatoms. The third-order valence-electron chi connectivity index (χ3n) is 5.51. The Bertz CT molecular complexity index is 1150. The first-order valence-corrected chi connectivity index (χ1v) is 10.5. The van der Waals surface area contributed by atoms with Crippen molar-refractivity contribution in [3.05, 3.63) is 47.4 Å². The van der Waals surface area contributed by atoms with E-state index in [0.29, 0.717) is 0 Å². The molecular weight excluding hydrogens is 474 g/mol. The van der Waals surface area contributed by atoms with Gasteiger partial charge in [-0.2, -0.15) is 13.2 Å². The number of fused-ring (bicyclic) bond motifs is 1. The van der Waals surface area contributed by atoms with E-state index in [1.54, 1.807) is 0 Å². The molecule has 190 valence electrons. The van der Waals surface area contributed by atoms with Crippen LogP contribution in [-0.4, -0.2) is 47.0 Å². The van der Waals surface area contributed by atoms with Gasteiger partial charge in [0.2, 0.25) is 11.5 Å². The van der Waals surface area contributed by atoms with Crippen LogP contribution in [0.1, 0.15) is 39.0 Å². The number of amides is 2. The molecule has 3 rings (SSSR count). The van der Waals surface area contributed by atoms with Gasteiger partial charge in [-0.05, 0) is 58.0 Å². The van der Waals surface area contributed by atoms with E-state index in [9.17, 15) is 32.3 Å². The summed E-state index contributed by atoms with van der Waals surface area (Å²) in [6.45, 7) is 4.31. The average molecular weight is 499 g/mol. The van der Waals surface area contributed by atoms with Gasteiger partial charge in [0.05, 0.1) is 12.2 Å². The van der Waals surface area contributed by atoms with Gasteiger partial charge in [0, 0.05) is 11.1 Å². The van der Waals surface area contributed by atoms with Gasteiger partial charge in [0.15, 0.2) is 0 Å². The molecule has 8 nitrogen and oxygen atoms in total. The molecule has 0 bridgehead atoms. The zero-order valence-corrected chi connectivity index (χ0v) is 19.4. The van der Waals surface area contributed by atoms with Crippen LogP contribution in [0.2, 0.25) is 0 Å². The number of carbonyl (C=O) groups excluding carboxylic acids is 2. The first-order valence-electron chi connectivity index (χ1n) is 10.5. The minimum atomic E-state index is -5.31. The molecular formula is C23H25F4N3O5. The maximum absolute atomic E-state index is 14.2. The molecule has 0 aliphatic carbocycles. The Morgan fingerprint density at radius 1 is 1.23 bits per heavy atom. The highest BCUT2D eigenvalue weighted by Crippen LogP contribution is 2.47.